The van der Waals surface area contributed by atoms with Crippen LogP contribution in [0, 0.1) is 18.3 Å². The van der Waals surface area contributed by atoms with Crippen LogP contribution in [0.25, 0.3) is 6.08 Å². The van der Waals surface area contributed by atoms with Crippen molar-refractivity contribution in [3.63, 3.8) is 0 Å². The summed E-state index contributed by atoms with van der Waals surface area (Å²) in [4.78, 5) is 30.1. The van der Waals surface area contributed by atoms with Crippen LogP contribution in [0.5, 0.6) is 0 Å². The molecule has 0 aliphatic carbocycles. The highest BCUT2D eigenvalue weighted by atomic mass is 32.2. The van der Waals surface area contributed by atoms with Gasteiger partial charge in [0.05, 0.1) is 17.6 Å². The van der Waals surface area contributed by atoms with Gasteiger partial charge in [-0.2, -0.15) is 5.26 Å². The van der Waals surface area contributed by atoms with Gasteiger partial charge in [0.15, 0.2) is 0 Å². The summed E-state index contributed by atoms with van der Waals surface area (Å²) in [5, 5.41) is 9.55. The monoisotopic (exact) mass is 444 g/mol. The normalized spacial score (nSPS) is 23.1. The summed E-state index contributed by atoms with van der Waals surface area (Å²) in [6, 6.07) is 2.04. The van der Waals surface area contributed by atoms with E-state index >= 15 is 0 Å². The summed E-state index contributed by atoms with van der Waals surface area (Å²) in [7, 11) is 1.69. The zero-order valence-electron chi connectivity index (χ0n) is 17.1. The van der Waals surface area contributed by atoms with Crippen molar-refractivity contribution in [3.8, 4) is 6.07 Å². The second-order valence-electron chi connectivity index (χ2n) is 7.83. The van der Waals surface area contributed by atoms with Crippen LogP contribution >= 0.6 is 24.0 Å². The fraction of sp³-hybridized carbons (Fsp3) is 0.524. The van der Waals surface area contributed by atoms with Crippen molar-refractivity contribution in [2.75, 3.05) is 31.1 Å². The number of carbonyl (C=O) groups is 1. The van der Waals surface area contributed by atoms with Crippen molar-refractivity contribution in [1.82, 2.24) is 9.47 Å². The molecule has 4 rings (SSSR count). The number of pyridine rings is 1. The lowest BCUT2D eigenvalue weighted by Gasteiger charge is -2.25. The fourth-order valence-electron chi connectivity index (χ4n) is 4.30. The second kappa shape index (κ2) is 8.53. The molecule has 0 N–H and O–H groups in total. The number of anilines is 1. The minimum Gasteiger partial charge on any atom is -0.376 e. The van der Waals surface area contributed by atoms with Gasteiger partial charge in [0.2, 0.25) is 0 Å². The SMILES string of the molecule is Cc1c(/C=C2\SC(=S)N(C[C@H]3CCCO3)C2=O)c(N2CCCC2)n(C)c(=O)c1C#N. The topological polar surface area (TPSA) is 78.6 Å². The average molecular weight is 445 g/mol. The van der Waals surface area contributed by atoms with Gasteiger partial charge in [-0.05, 0) is 44.2 Å². The Bertz CT molecular complexity index is 1030. The van der Waals surface area contributed by atoms with Gasteiger partial charge in [-0.3, -0.25) is 19.1 Å². The van der Waals surface area contributed by atoms with Crippen molar-refractivity contribution >= 4 is 46.1 Å². The van der Waals surface area contributed by atoms with Gasteiger partial charge in [0.25, 0.3) is 11.5 Å². The van der Waals surface area contributed by atoms with Gasteiger partial charge in [0.1, 0.15) is 21.8 Å². The van der Waals surface area contributed by atoms with Crippen molar-refractivity contribution in [2.45, 2.75) is 38.7 Å². The van der Waals surface area contributed by atoms with E-state index in [-0.39, 0.29) is 23.1 Å². The largest absolute Gasteiger partial charge is 0.376 e. The molecule has 158 valence electrons. The van der Waals surface area contributed by atoms with Gasteiger partial charge < -0.3 is 9.64 Å². The van der Waals surface area contributed by atoms with E-state index in [2.05, 4.69) is 4.90 Å². The molecule has 3 aliphatic heterocycles. The molecule has 3 aliphatic rings. The van der Waals surface area contributed by atoms with Crippen LogP contribution in [0.3, 0.4) is 0 Å². The Kier molecular flexibility index (Phi) is 6.00. The van der Waals surface area contributed by atoms with Crippen LogP contribution in [0.1, 0.15) is 42.4 Å². The lowest BCUT2D eigenvalue weighted by atomic mass is 10.0. The minimum absolute atomic E-state index is 0.0245. The molecule has 3 fully saturated rings. The smallest absolute Gasteiger partial charge is 0.270 e. The van der Waals surface area contributed by atoms with Crippen molar-refractivity contribution in [3.05, 3.63) is 31.9 Å². The molecule has 4 heterocycles. The molecule has 0 saturated carbocycles. The summed E-state index contributed by atoms with van der Waals surface area (Å²) in [6.45, 7) is 4.66. The lowest BCUT2D eigenvalue weighted by molar-refractivity contribution is -0.123. The maximum absolute atomic E-state index is 13.1. The maximum atomic E-state index is 13.1. The first-order valence-electron chi connectivity index (χ1n) is 10.2. The Morgan fingerprint density at radius 3 is 2.67 bits per heavy atom. The Labute approximate surface area is 185 Å². The Morgan fingerprint density at radius 1 is 1.30 bits per heavy atom. The van der Waals surface area contributed by atoms with E-state index < -0.39 is 0 Å². The molecule has 0 aromatic carbocycles. The zero-order chi connectivity index (χ0) is 21.4. The average Bonchev–Trinajstić information content (AvgIpc) is 3.47. The number of amides is 1. The van der Waals surface area contributed by atoms with Crippen LogP contribution in [-0.2, 0) is 16.6 Å². The molecule has 1 amide bonds. The standard InChI is InChI=1S/C21H24N4O3S2/c1-13-15(18(24-7-3-4-8-24)23(2)19(26)16(13)11-22)10-17-20(27)25(21(29)30-17)12-14-6-5-9-28-14/h10,14H,3-9,12H2,1-2H3/b17-10-/t14-/m1/s1. The summed E-state index contributed by atoms with van der Waals surface area (Å²) in [5.74, 6) is 0.623. The highest BCUT2D eigenvalue weighted by Crippen LogP contribution is 2.36. The molecule has 0 spiro atoms. The van der Waals surface area contributed by atoms with E-state index in [0.29, 0.717) is 21.3 Å². The number of thioether (sulfide) groups is 1. The van der Waals surface area contributed by atoms with Crippen LogP contribution in [0.2, 0.25) is 0 Å². The maximum Gasteiger partial charge on any atom is 0.270 e. The first kappa shape index (κ1) is 21.1. The van der Waals surface area contributed by atoms with E-state index in [9.17, 15) is 14.9 Å². The van der Waals surface area contributed by atoms with Gasteiger partial charge in [-0.25, -0.2) is 0 Å². The van der Waals surface area contributed by atoms with E-state index in [1.54, 1.807) is 24.9 Å². The third-order valence-electron chi connectivity index (χ3n) is 5.93. The number of rotatable bonds is 4. The van der Waals surface area contributed by atoms with Crippen LogP contribution < -0.4 is 10.5 Å². The molecule has 1 aromatic rings. The third kappa shape index (κ3) is 3.68. The van der Waals surface area contributed by atoms with E-state index in [0.717, 1.165) is 56.8 Å². The summed E-state index contributed by atoms with van der Waals surface area (Å²) >= 11 is 6.74. The van der Waals surface area contributed by atoms with Gasteiger partial charge >= 0.3 is 0 Å². The number of hydrogen-bond donors (Lipinski definition) is 0. The lowest BCUT2D eigenvalue weighted by Crippen LogP contribution is -2.35. The fourth-order valence-corrected chi connectivity index (χ4v) is 5.56. The molecule has 0 radical (unpaired) electrons. The highest BCUT2D eigenvalue weighted by Gasteiger charge is 2.35. The van der Waals surface area contributed by atoms with Crippen LogP contribution in [-0.4, -0.2) is 52.0 Å². The number of aromatic nitrogens is 1. The van der Waals surface area contributed by atoms with Crippen molar-refractivity contribution < 1.29 is 9.53 Å². The molecule has 0 bridgehead atoms. The van der Waals surface area contributed by atoms with Crippen LogP contribution in [0.15, 0.2) is 9.70 Å². The van der Waals surface area contributed by atoms with Crippen LogP contribution in [0.4, 0.5) is 5.82 Å². The Morgan fingerprint density at radius 2 is 2.03 bits per heavy atom. The Balaban J connectivity index is 1.76. The number of thiocarbonyl (C=S) groups is 1. The summed E-state index contributed by atoms with van der Waals surface area (Å²) in [6.07, 6.45) is 5.87. The van der Waals surface area contributed by atoms with E-state index in [1.165, 1.54) is 16.3 Å². The third-order valence-corrected chi connectivity index (χ3v) is 7.31. The van der Waals surface area contributed by atoms with Gasteiger partial charge in [0, 0.05) is 32.3 Å². The van der Waals surface area contributed by atoms with Crippen molar-refractivity contribution in [1.29, 1.82) is 5.26 Å². The first-order valence-corrected chi connectivity index (χ1v) is 11.4. The zero-order valence-corrected chi connectivity index (χ0v) is 18.8. The molecule has 30 heavy (non-hydrogen) atoms. The summed E-state index contributed by atoms with van der Waals surface area (Å²) in [5.41, 5.74) is 1.15. The minimum atomic E-state index is -0.306. The van der Waals surface area contributed by atoms with Gasteiger partial charge in [-0.1, -0.05) is 24.0 Å². The molecular formula is C21H24N4O3S2. The second-order valence-corrected chi connectivity index (χ2v) is 9.51. The molecule has 3 saturated heterocycles. The quantitative estimate of drug-likeness (QED) is 0.522. The molecular weight excluding hydrogens is 420 g/mol. The van der Waals surface area contributed by atoms with Gasteiger partial charge in [-0.15, -0.1) is 0 Å². The molecule has 9 heteroatoms. The molecule has 1 atom stereocenters. The number of nitrogens with zero attached hydrogens (tertiary/aromatic N) is 4. The van der Waals surface area contributed by atoms with E-state index in [1.807, 2.05) is 6.07 Å². The van der Waals surface area contributed by atoms with Crippen molar-refractivity contribution in [2.24, 2.45) is 7.05 Å². The number of carbonyl (C=O) groups excluding carboxylic acids is 1. The molecule has 7 nitrogen and oxygen atoms in total. The summed E-state index contributed by atoms with van der Waals surface area (Å²) < 4.78 is 7.73. The molecule has 0 unspecified atom stereocenters. The van der Waals surface area contributed by atoms with E-state index in [4.69, 9.17) is 17.0 Å². The highest BCUT2D eigenvalue weighted by molar-refractivity contribution is 8.26. The molecule has 1 aromatic heterocycles. The predicted octanol–water partition coefficient (Wildman–Crippen LogP) is 2.55. The first-order chi connectivity index (χ1) is 14.4. The number of nitriles is 1. The number of ether oxygens (including phenoxy) is 1. The Hall–Kier alpha value is -2.15. The predicted molar refractivity (Wildman–Crippen MR) is 121 cm³/mol. The number of hydrogen-bond acceptors (Lipinski definition) is 7.